The summed E-state index contributed by atoms with van der Waals surface area (Å²) in [5, 5.41) is 15.9. The van der Waals surface area contributed by atoms with E-state index in [0.29, 0.717) is 30.8 Å². The van der Waals surface area contributed by atoms with Crippen LogP contribution in [0.2, 0.25) is 0 Å². The lowest BCUT2D eigenvalue weighted by Crippen LogP contribution is -2.31. The Morgan fingerprint density at radius 2 is 2.22 bits per heavy atom. The van der Waals surface area contributed by atoms with Gasteiger partial charge >= 0.3 is 0 Å². The normalized spacial score (nSPS) is 17.1. The van der Waals surface area contributed by atoms with Crippen LogP contribution < -0.4 is 4.74 Å². The lowest BCUT2D eigenvalue weighted by molar-refractivity contribution is 0.0769. The van der Waals surface area contributed by atoms with Crippen molar-refractivity contribution in [3.05, 3.63) is 35.0 Å². The molecular formula is C15H16N6O2. The maximum Gasteiger partial charge on any atom is 0.257 e. The molecule has 1 fully saturated rings. The molecule has 23 heavy (non-hydrogen) atoms. The van der Waals surface area contributed by atoms with Crippen molar-refractivity contribution in [2.45, 2.75) is 26.4 Å². The maximum atomic E-state index is 12.6. The first-order chi connectivity index (χ1) is 11.1. The molecule has 3 heterocycles. The molecule has 0 unspecified atom stereocenters. The molecule has 0 aromatic carbocycles. The quantitative estimate of drug-likeness (QED) is 0.905. The second kappa shape index (κ2) is 6.04. The van der Waals surface area contributed by atoms with Crippen LogP contribution in [0, 0.1) is 25.2 Å². The van der Waals surface area contributed by atoms with E-state index in [9.17, 15) is 4.79 Å². The van der Waals surface area contributed by atoms with Gasteiger partial charge in [0.05, 0.1) is 17.8 Å². The van der Waals surface area contributed by atoms with Crippen LogP contribution in [0.25, 0.3) is 0 Å². The maximum absolute atomic E-state index is 12.6. The minimum absolute atomic E-state index is 0.0560. The fourth-order valence-electron chi connectivity index (χ4n) is 2.68. The van der Waals surface area contributed by atoms with E-state index in [1.54, 1.807) is 11.8 Å². The molecule has 2 aromatic rings. The molecule has 118 valence electrons. The molecular weight excluding hydrogens is 296 g/mol. The number of aromatic nitrogens is 4. The molecule has 8 heteroatoms. The van der Waals surface area contributed by atoms with Gasteiger partial charge in [0.15, 0.2) is 0 Å². The molecule has 3 rings (SSSR count). The summed E-state index contributed by atoms with van der Waals surface area (Å²) in [6.07, 6.45) is 3.41. The number of ether oxygens (including phenoxy) is 1. The average molecular weight is 312 g/mol. The van der Waals surface area contributed by atoms with Gasteiger partial charge in [0, 0.05) is 31.1 Å². The summed E-state index contributed by atoms with van der Waals surface area (Å²) >= 11 is 0. The van der Waals surface area contributed by atoms with E-state index in [2.05, 4.69) is 20.2 Å². The number of nitrogens with one attached hydrogen (secondary N) is 1. The number of carbonyl (C=O) groups is 1. The summed E-state index contributed by atoms with van der Waals surface area (Å²) < 4.78 is 5.74. The van der Waals surface area contributed by atoms with Crippen LogP contribution >= 0.6 is 0 Å². The fourth-order valence-corrected chi connectivity index (χ4v) is 2.68. The lowest BCUT2D eigenvalue weighted by Gasteiger charge is -2.17. The number of nitriles is 1. The minimum Gasteiger partial charge on any atom is -0.470 e. The van der Waals surface area contributed by atoms with Gasteiger partial charge in [-0.25, -0.2) is 9.97 Å². The molecule has 0 radical (unpaired) electrons. The highest BCUT2D eigenvalue weighted by atomic mass is 16.5. The fraction of sp³-hybridized carbons (Fsp3) is 0.400. The number of carbonyl (C=O) groups excluding carboxylic acids is 1. The van der Waals surface area contributed by atoms with Crippen molar-refractivity contribution in [2.24, 2.45) is 0 Å². The Labute approximate surface area is 133 Å². The topological polar surface area (TPSA) is 108 Å². The van der Waals surface area contributed by atoms with Crippen LogP contribution in [0.3, 0.4) is 0 Å². The molecule has 8 nitrogen and oxygen atoms in total. The van der Waals surface area contributed by atoms with Crippen LogP contribution in [-0.4, -0.2) is 50.2 Å². The monoisotopic (exact) mass is 312 g/mol. The Morgan fingerprint density at radius 1 is 1.43 bits per heavy atom. The summed E-state index contributed by atoms with van der Waals surface area (Å²) in [5.41, 5.74) is 2.22. The third-order valence-electron chi connectivity index (χ3n) is 3.82. The number of rotatable bonds is 3. The zero-order valence-corrected chi connectivity index (χ0v) is 12.9. The molecule has 1 N–H and O–H groups in total. The predicted octanol–water partition coefficient (Wildman–Crippen LogP) is 0.982. The standard InChI is InChI=1S/C15H16N6O2/c1-9-13(10(2)20-19-9)15(22)21-6-3-11(8-21)23-14-12(7-16)17-4-5-18-14/h4-5,11H,3,6,8H2,1-2H3,(H,19,20)/t11-/m0/s1. The number of likely N-dealkylation sites (tertiary alicyclic amines) is 1. The number of aromatic amines is 1. The molecule has 0 aliphatic carbocycles. The highest BCUT2D eigenvalue weighted by Gasteiger charge is 2.31. The van der Waals surface area contributed by atoms with Crippen molar-refractivity contribution in [1.29, 1.82) is 5.26 Å². The molecule has 2 aromatic heterocycles. The largest absolute Gasteiger partial charge is 0.470 e. The van der Waals surface area contributed by atoms with Crippen LogP contribution in [0.5, 0.6) is 5.88 Å². The third-order valence-corrected chi connectivity index (χ3v) is 3.82. The summed E-state index contributed by atoms with van der Waals surface area (Å²) in [5.74, 6) is 0.157. The van der Waals surface area contributed by atoms with E-state index in [-0.39, 0.29) is 23.6 Å². The third kappa shape index (κ3) is 2.85. The van der Waals surface area contributed by atoms with Gasteiger partial charge < -0.3 is 9.64 Å². The number of nitrogens with zero attached hydrogens (tertiary/aromatic N) is 5. The predicted molar refractivity (Wildman–Crippen MR) is 79.7 cm³/mol. The Balaban J connectivity index is 1.69. The number of hydrogen-bond acceptors (Lipinski definition) is 6. The summed E-state index contributed by atoms with van der Waals surface area (Å²) in [7, 11) is 0. The highest BCUT2D eigenvalue weighted by Crippen LogP contribution is 2.21. The minimum atomic E-state index is -0.199. The smallest absolute Gasteiger partial charge is 0.257 e. The zero-order chi connectivity index (χ0) is 16.4. The Hall–Kier alpha value is -2.95. The van der Waals surface area contributed by atoms with Crippen LogP contribution in [0.15, 0.2) is 12.4 Å². The van der Waals surface area contributed by atoms with E-state index < -0.39 is 0 Å². The van der Waals surface area contributed by atoms with E-state index in [1.807, 2.05) is 13.0 Å². The highest BCUT2D eigenvalue weighted by molar-refractivity contribution is 5.96. The Morgan fingerprint density at radius 3 is 2.91 bits per heavy atom. The molecule has 0 saturated carbocycles. The van der Waals surface area contributed by atoms with Crippen molar-refractivity contribution >= 4 is 5.91 Å². The molecule has 1 saturated heterocycles. The Kier molecular flexibility index (Phi) is 3.93. The first kappa shape index (κ1) is 15.0. The van der Waals surface area contributed by atoms with Gasteiger partial charge in [0.2, 0.25) is 5.69 Å². The van der Waals surface area contributed by atoms with Crippen molar-refractivity contribution in [3.8, 4) is 11.9 Å². The van der Waals surface area contributed by atoms with Gasteiger partial charge in [-0.3, -0.25) is 9.89 Å². The van der Waals surface area contributed by atoms with E-state index >= 15 is 0 Å². The van der Waals surface area contributed by atoms with Gasteiger partial charge in [-0.05, 0) is 13.8 Å². The van der Waals surface area contributed by atoms with Crippen LogP contribution in [-0.2, 0) is 0 Å². The summed E-state index contributed by atoms with van der Waals surface area (Å²) in [4.78, 5) is 22.3. The molecule has 1 aliphatic heterocycles. The van der Waals surface area contributed by atoms with Crippen molar-refractivity contribution < 1.29 is 9.53 Å². The number of amides is 1. The molecule has 1 atom stereocenters. The lowest BCUT2D eigenvalue weighted by atomic mass is 10.2. The summed E-state index contributed by atoms with van der Waals surface area (Å²) in [6.45, 7) is 4.68. The molecule has 1 aliphatic rings. The molecule has 0 spiro atoms. The van der Waals surface area contributed by atoms with E-state index in [0.717, 1.165) is 5.69 Å². The second-order valence-corrected chi connectivity index (χ2v) is 5.41. The van der Waals surface area contributed by atoms with Gasteiger partial charge in [0.25, 0.3) is 11.8 Å². The van der Waals surface area contributed by atoms with Crippen molar-refractivity contribution in [3.63, 3.8) is 0 Å². The van der Waals surface area contributed by atoms with Crippen molar-refractivity contribution in [2.75, 3.05) is 13.1 Å². The summed E-state index contributed by atoms with van der Waals surface area (Å²) in [6, 6.07) is 1.95. The second-order valence-electron chi connectivity index (χ2n) is 5.41. The van der Waals surface area contributed by atoms with Gasteiger partial charge in [-0.1, -0.05) is 0 Å². The van der Waals surface area contributed by atoms with Crippen LogP contribution in [0.1, 0.15) is 33.9 Å². The van der Waals surface area contributed by atoms with E-state index in [4.69, 9.17) is 10.00 Å². The van der Waals surface area contributed by atoms with E-state index in [1.165, 1.54) is 12.4 Å². The van der Waals surface area contributed by atoms with Gasteiger partial charge in [-0.2, -0.15) is 10.4 Å². The van der Waals surface area contributed by atoms with Gasteiger partial charge in [-0.15, -0.1) is 0 Å². The average Bonchev–Trinajstić information content (AvgIpc) is 3.14. The first-order valence-electron chi connectivity index (χ1n) is 7.28. The molecule has 0 bridgehead atoms. The first-order valence-corrected chi connectivity index (χ1v) is 7.28. The SMILES string of the molecule is Cc1n[nH]c(C)c1C(=O)N1CC[C@H](Oc2nccnc2C#N)C1. The Bertz CT molecular complexity index is 759. The van der Waals surface area contributed by atoms with Crippen molar-refractivity contribution in [1.82, 2.24) is 25.1 Å². The van der Waals surface area contributed by atoms with Gasteiger partial charge in [0.1, 0.15) is 12.2 Å². The number of hydrogen-bond donors (Lipinski definition) is 1. The number of aryl methyl sites for hydroxylation is 2. The zero-order valence-electron chi connectivity index (χ0n) is 12.9. The number of H-pyrrole nitrogens is 1. The molecule has 1 amide bonds. The van der Waals surface area contributed by atoms with Crippen LogP contribution in [0.4, 0.5) is 0 Å².